The second-order valence-corrected chi connectivity index (χ2v) is 23.4. The van der Waals surface area contributed by atoms with Crippen molar-refractivity contribution in [1.82, 2.24) is 5.32 Å². The minimum atomic E-state index is -2.39. The van der Waals surface area contributed by atoms with Crippen molar-refractivity contribution in [2.24, 2.45) is 16.7 Å². The third-order valence-corrected chi connectivity index (χ3v) is 17.5. The highest BCUT2D eigenvalue weighted by Gasteiger charge is 2.78. The molecule has 3 fully saturated rings. The Kier molecular flexibility index (Phi) is 23.2. The quantitative estimate of drug-likeness (QED) is 0.0217. The molecule has 0 radical (unpaired) electrons. The summed E-state index contributed by atoms with van der Waals surface area (Å²) in [6.07, 6.45) is 9.69. The third-order valence-electron chi connectivity index (χ3n) is 17.5. The van der Waals surface area contributed by atoms with Gasteiger partial charge < -0.3 is 49.4 Å². The number of Topliss-reactive ketones (excluding diaryl/α,β-unsaturated/α-hetero) is 1. The number of carboxylic acids is 1. The van der Waals surface area contributed by atoms with Gasteiger partial charge in [0.05, 0.1) is 35.6 Å². The smallest absolute Gasteiger partial charge is 0.338 e. The molecule has 17 nitrogen and oxygen atoms in total. The number of fused-ring (bicyclic) bond motifs is 5. The van der Waals surface area contributed by atoms with Crippen LogP contribution in [0.15, 0.2) is 102 Å². The van der Waals surface area contributed by atoms with Crippen molar-refractivity contribution in [2.45, 2.75) is 218 Å². The molecule has 11 atom stereocenters. The van der Waals surface area contributed by atoms with Gasteiger partial charge in [0.15, 0.2) is 23.6 Å². The number of carbonyl (C=O) groups is 7. The molecule has 448 valence electrons. The third kappa shape index (κ3) is 14.9. The maximum Gasteiger partial charge on any atom is 0.338 e. The first-order valence-corrected chi connectivity index (χ1v) is 29.5. The highest BCUT2D eigenvalue weighted by atomic mass is 16.6. The SMILES string of the molecule is CC(=O)O[C@H]1C(=O)[C@@]2(C)[C@H]([C@H](OC(=O)c3ccccc3)[C@]3(O)C[C@H](OC(=O)[C@H](O)[C@@H](NC(=O)c4ccccc4)c4ccccc4)C(C)=C1C3(C)C)[C@]1(OC(C)=O)CO[C@@H]1C[C@@H]2O.CCCCCCCCCCCCCCCCCC(=O)O. The van der Waals surface area contributed by atoms with Crippen molar-refractivity contribution >= 4 is 41.5 Å². The van der Waals surface area contributed by atoms with Gasteiger partial charge in [-0.15, -0.1) is 0 Å². The summed E-state index contributed by atoms with van der Waals surface area (Å²) in [5, 5.41) is 48.8. The Bertz CT molecular complexity index is 2680. The molecule has 0 unspecified atom stereocenters. The lowest BCUT2D eigenvalue weighted by atomic mass is 9.44. The summed E-state index contributed by atoms with van der Waals surface area (Å²) in [4.78, 5) is 93.8. The average Bonchev–Trinajstić information content (AvgIpc) is 1.73. The average molecular weight is 1140 g/mol. The Balaban J connectivity index is 0.000000461. The maximum atomic E-state index is 15.5. The molecule has 2 bridgehead atoms. The standard InChI is InChI=1S/C47H51NO14.C18H36O2/c1-25-31(60-43(56)36(52)35(28-16-10-7-11-17-28)48-41(54)29-18-12-8-13-19-29)23-47(57)40(61-42(55)30-20-14-9-15-21-30)38-45(6,32(51)22-33-46(38,24-58-33)62-27(3)50)39(53)37(59-26(2)49)34(25)44(47,4)5;1-2-3-4-5-6-7-8-9-10-11-12-13-14-15-16-17-18(19)20/h7-21,31-33,35-38,40,51-52,57H,22-24H2,1-6H3,(H,48,54);2-17H2,1H3,(H,19,20)/t31-,32-,33+,35-,36+,37+,38-,40-,45+,46-,47+;/m0./s1. The number of benzene rings is 3. The highest BCUT2D eigenvalue weighted by molar-refractivity contribution is 5.96. The summed E-state index contributed by atoms with van der Waals surface area (Å²) in [7, 11) is 0. The minimum Gasteiger partial charge on any atom is -0.481 e. The lowest BCUT2D eigenvalue weighted by Gasteiger charge is -2.67. The van der Waals surface area contributed by atoms with Crippen LogP contribution in [0.3, 0.4) is 0 Å². The molecular weight excluding hydrogens is 1050 g/mol. The van der Waals surface area contributed by atoms with Gasteiger partial charge in [-0.1, -0.05) is 177 Å². The van der Waals surface area contributed by atoms with Gasteiger partial charge in [0.2, 0.25) is 0 Å². The van der Waals surface area contributed by atoms with Crippen LogP contribution in [0.4, 0.5) is 0 Å². The van der Waals surface area contributed by atoms with Gasteiger partial charge >= 0.3 is 29.8 Å². The van der Waals surface area contributed by atoms with Gasteiger partial charge in [0.25, 0.3) is 5.91 Å². The predicted molar refractivity (Wildman–Crippen MR) is 305 cm³/mol. The van der Waals surface area contributed by atoms with Crippen molar-refractivity contribution in [3.63, 3.8) is 0 Å². The van der Waals surface area contributed by atoms with E-state index < -0.39 is 119 Å². The monoisotopic (exact) mass is 1140 g/mol. The minimum absolute atomic E-state index is 0.00289. The fraction of sp³-hybridized carbons (Fsp3) is 0.585. The van der Waals surface area contributed by atoms with Crippen molar-refractivity contribution in [3.05, 3.63) is 119 Å². The van der Waals surface area contributed by atoms with Gasteiger partial charge in [0.1, 0.15) is 23.9 Å². The Morgan fingerprint density at radius 1 is 0.707 bits per heavy atom. The number of aliphatic carboxylic acids is 1. The van der Waals surface area contributed by atoms with E-state index in [0.29, 0.717) is 12.0 Å². The van der Waals surface area contributed by atoms with Crippen LogP contribution in [0.2, 0.25) is 0 Å². The molecule has 17 heteroatoms. The molecule has 0 spiro atoms. The van der Waals surface area contributed by atoms with Crippen LogP contribution in [0, 0.1) is 16.7 Å². The second-order valence-electron chi connectivity index (χ2n) is 23.4. The van der Waals surface area contributed by atoms with E-state index in [-0.39, 0.29) is 35.3 Å². The molecule has 1 heterocycles. The number of hydrogen-bond donors (Lipinski definition) is 5. The fourth-order valence-electron chi connectivity index (χ4n) is 12.8. The number of aliphatic hydroxyl groups excluding tert-OH is 2. The van der Waals surface area contributed by atoms with E-state index in [1.165, 1.54) is 109 Å². The zero-order chi connectivity index (χ0) is 59.8. The molecule has 1 aliphatic heterocycles. The van der Waals surface area contributed by atoms with Crippen LogP contribution in [0.25, 0.3) is 0 Å². The topological polar surface area (TPSA) is 259 Å². The molecule has 1 saturated heterocycles. The molecule has 0 aromatic heterocycles. The number of aliphatic hydroxyl groups is 3. The number of rotatable bonds is 26. The van der Waals surface area contributed by atoms with Gasteiger partial charge in [-0.25, -0.2) is 9.59 Å². The second kappa shape index (κ2) is 29.3. The van der Waals surface area contributed by atoms with Crippen LogP contribution in [0.5, 0.6) is 0 Å². The Morgan fingerprint density at radius 3 is 1.71 bits per heavy atom. The first-order chi connectivity index (χ1) is 39.0. The number of ketones is 1. The number of hydrogen-bond acceptors (Lipinski definition) is 15. The van der Waals surface area contributed by atoms with E-state index in [1.54, 1.807) is 92.7 Å². The van der Waals surface area contributed by atoms with Crippen LogP contribution in [-0.4, -0.2) is 116 Å². The summed E-state index contributed by atoms with van der Waals surface area (Å²) in [5.74, 6) is -7.49. The van der Waals surface area contributed by atoms with Crippen molar-refractivity contribution in [1.29, 1.82) is 0 Å². The summed E-state index contributed by atoms with van der Waals surface area (Å²) in [6.45, 7) is 10.2. The zero-order valence-corrected chi connectivity index (χ0v) is 48.9. The molecule has 82 heavy (non-hydrogen) atoms. The van der Waals surface area contributed by atoms with Crippen molar-refractivity contribution in [2.75, 3.05) is 6.61 Å². The Morgan fingerprint density at radius 2 is 1.22 bits per heavy atom. The van der Waals surface area contributed by atoms with Crippen molar-refractivity contribution in [3.8, 4) is 0 Å². The molecule has 5 N–H and O–H groups in total. The van der Waals surface area contributed by atoms with E-state index in [2.05, 4.69) is 12.2 Å². The van der Waals surface area contributed by atoms with E-state index >= 15 is 4.79 Å². The lowest BCUT2D eigenvalue weighted by Crippen LogP contribution is -2.82. The number of carbonyl (C=O) groups excluding carboxylic acids is 6. The first-order valence-electron chi connectivity index (χ1n) is 29.5. The summed E-state index contributed by atoms with van der Waals surface area (Å²) >= 11 is 0. The molecule has 2 saturated carbocycles. The van der Waals surface area contributed by atoms with Crippen molar-refractivity contribution < 1.29 is 77.7 Å². The Hall–Kier alpha value is -6.27. The van der Waals surface area contributed by atoms with Gasteiger partial charge in [-0.3, -0.25) is 24.0 Å². The number of esters is 4. The lowest BCUT2D eigenvalue weighted by molar-refractivity contribution is -0.346. The van der Waals surface area contributed by atoms with Crippen LogP contribution < -0.4 is 5.32 Å². The summed E-state index contributed by atoms with van der Waals surface area (Å²) in [6, 6.07) is 22.9. The molecule has 4 aliphatic rings. The van der Waals surface area contributed by atoms with Gasteiger partial charge in [-0.2, -0.15) is 0 Å². The Labute approximate surface area is 482 Å². The van der Waals surface area contributed by atoms with Gasteiger partial charge in [-0.05, 0) is 61.2 Å². The molecule has 7 rings (SSSR count). The highest BCUT2D eigenvalue weighted by Crippen LogP contribution is 2.64. The van der Waals surface area contributed by atoms with E-state index in [9.17, 15) is 44.1 Å². The zero-order valence-electron chi connectivity index (χ0n) is 48.9. The molecular formula is C65H87NO16. The van der Waals surface area contributed by atoms with Crippen LogP contribution in [0.1, 0.15) is 196 Å². The number of nitrogens with one attached hydrogen (secondary N) is 1. The first kappa shape index (κ1) is 64.9. The van der Waals surface area contributed by atoms with E-state index in [4.69, 9.17) is 28.8 Å². The predicted octanol–water partition coefficient (Wildman–Crippen LogP) is 10.1. The van der Waals surface area contributed by atoms with Gasteiger partial charge in [0, 0.05) is 44.1 Å². The van der Waals surface area contributed by atoms with E-state index in [1.807, 2.05) is 0 Å². The number of unbranched alkanes of at least 4 members (excludes halogenated alkanes) is 14. The molecule has 1 amide bonds. The molecule has 3 aromatic rings. The normalized spacial score (nSPS) is 26.7. The van der Waals surface area contributed by atoms with Crippen LogP contribution in [-0.2, 0) is 47.7 Å². The summed E-state index contributed by atoms with van der Waals surface area (Å²) in [5.41, 5.74) is -7.02. The number of ether oxygens (including phenoxy) is 5. The van der Waals surface area contributed by atoms with E-state index in [0.717, 1.165) is 26.7 Å². The molecule has 3 aliphatic carbocycles. The maximum absolute atomic E-state index is 15.5. The fourth-order valence-corrected chi connectivity index (χ4v) is 12.8. The number of carboxylic acid groups (broad SMARTS) is 1. The largest absolute Gasteiger partial charge is 0.481 e. The number of amides is 1. The summed E-state index contributed by atoms with van der Waals surface area (Å²) < 4.78 is 30.3. The molecule has 3 aromatic carbocycles. The van der Waals surface area contributed by atoms with Crippen LogP contribution >= 0.6 is 0 Å².